The minimum Gasteiger partial charge on any atom is -0.409 e. The molecule has 20 heavy (non-hydrogen) atoms. The molecule has 3 atom stereocenters. The number of hydrogen-bond donors (Lipinski definition) is 2. The third kappa shape index (κ3) is 2.26. The van der Waals surface area contributed by atoms with Crippen LogP contribution in [0.2, 0.25) is 0 Å². The first-order valence-electron chi connectivity index (χ1n) is 7.63. The molecule has 3 fully saturated rings. The van der Waals surface area contributed by atoms with Crippen LogP contribution in [-0.4, -0.2) is 59.0 Å². The Morgan fingerprint density at radius 1 is 1.25 bits per heavy atom. The Kier molecular flexibility index (Phi) is 3.58. The molecule has 6 nitrogen and oxygen atoms in total. The molecule has 3 N–H and O–H groups in total. The van der Waals surface area contributed by atoms with Crippen molar-refractivity contribution in [1.82, 2.24) is 9.80 Å². The van der Waals surface area contributed by atoms with Gasteiger partial charge in [0, 0.05) is 32.1 Å². The van der Waals surface area contributed by atoms with E-state index < -0.39 is 0 Å². The predicted octanol–water partition coefficient (Wildman–Crippen LogP) is 0.312. The van der Waals surface area contributed by atoms with Gasteiger partial charge in [-0.1, -0.05) is 11.6 Å². The molecule has 1 aliphatic heterocycles. The van der Waals surface area contributed by atoms with E-state index in [0.717, 1.165) is 26.2 Å². The van der Waals surface area contributed by atoms with Gasteiger partial charge in [-0.15, -0.1) is 0 Å². The van der Waals surface area contributed by atoms with Crippen LogP contribution in [0.5, 0.6) is 0 Å². The smallest absolute Gasteiger partial charge is 0.226 e. The second-order valence-corrected chi connectivity index (χ2v) is 6.35. The number of amides is 1. The fraction of sp³-hybridized carbons (Fsp3) is 0.857. The molecule has 3 rings (SSSR count). The summed E-state index contributed by atoms with van der Waals surface area (Å²) in [6.07, 6.45) is 3.81. The number of nitrogens with zero attached hydrogens (tertiary/aromatic N) is 3. The lowest BCUT2D eigenvalue weighted by molar-refractivity contribution is -0.135. The number of carbonyl (C=O) groups is 1. The zero-order valence-corrected chi connectivity index (χ0v) is 12.0. The first-order valence-corrected chi connectivity index (χ1v) is 7.63. The summed E-state index contributed by atoms with van der Waals surface area (Å²) in [7, 11) is 0. The average molecular weight is 280 g/mol. The molecule has 6 heteroatoms. The van der Waals surface area contributed by atoms with Gasteiger partial charge in [0.2, 0.25) is 5.91 Å². The van der Waals surface area contributed by atoms with E-state index in [1.54, 1.807) is 0 Å². The molecule has 2 saturated carbocycles. The highest BCUT2D eigenvalue weighted by molar-refractivity contribution is 5.85. The number of hydrogen-bond acceptors (Lipinski definition) is 4. The van der Waals surface area contributed by atoms with E-state index in [1.807, 2.05) is 11.8 Å². The molecule has 1 saturated heterocycles. The molecular formula is C14H24N4O2. The van der Waals surface area contributed by atoms with Crippen LogP contribution in [-0.2, 0) is 4.79 Å². The van der Waals surface area contributed by atoms with E-state index in [9.17, 15) is 4.79 Å². The van der Waals surface area contributed by atoms with E-state index >= 15 is 0 Å². The van der Waals surface area contributed by atoms with Crippen molar-refractivity contribution in [2.24, 2.45) is 28.6 Å². The van der Waals surface area contributed by atoms with Gasteiger partial charge in [-0.3, -0.25) is 9.69 Å². The Hall–Kier alpha value is -1.30. The molecule has 2 aliphatic carbocycles. The molecule has 0 aromatic rings. The summed E-state index contributed by atoms with van der Waals surface area (Å²) in [5.41, 5.74) is 5.64. The highest BCUT2D eigenvalue weighted by atomic mass is 16.4. The summed E-state index contributed by atoms with van der Waals surface area (Å²) < 4.78 is 0. The zero-order chi connectivity index (χ0) is 14.3. The quantitative estimate of drug-likeness (QED) is 0.337. The number of fused-ring (bicyclic) bond motifs is 1. The second kappa shape index (κ2) is 5.24. The number of oxime groups is 1. The maximum absolute atomic E-state index is 12.5. The summed E-state index contributed by atoms with van der Waals surface area (Å²) in [5.74, 6) is 2.32. The minimum atomic E-state index is -0.0717. The molecule has 3 unspecified atom stereocenters. The normalized spacial score (nSPS) is 35.8. The van der Waals surface area contributed by atoms with E-state index in [1.165, 1.54) is 19.3 Å². The topological polar surface area (TPSA) is 82.2 Å². The van der Waals surface area contributed by atoms with Crippen molar-refractivity contribution in [3.05, 3.63) is 0 Å². The number of rotatable bonds is 3. The lowest BCUT2D eigenvalue weighted by Gasteiger charge is -2.37. The minimum absolute atomic E-state index is 0.0717. The van der Waals surface area contributed by atoms with Crippen LogP contribution in [0.25, 0.3) is 0 Å². The largest absolute Gasteiger partial charge is 0.409 e. The van der Waals surface area contributed by atoms with E-state index in [4.69, 9.17) is 10.9 Å². The summed E-state index contributed by atoms with van der Waals surface area (Å²) in [6.45, 7) is 5.05. The molecule has 0 aromatic heterocycles. The summed E-state index contributed by atoms with van der Waals surface area (Å²) in [4.78, 5) is 16.6. The summed E-state index contributed by atoms with van der Waals surface area (Å²) in [6, 6.07) is -0.0717. The molecule has 3 aliphatic rings. The van der Waals surface area contributed by atoms with E-state index in [2.05, 4.69) is 10.1 Å². The highest BCUT2D eigenvalue weighted by Crippen LogP contribution is 2.58. The van der Waals surface area contributed by atoms with Gasteiger partial charge in [-0.2, -0.15) is 0 Å². The van der Waals surface area contributed by atoms with Crippen molar-refractivity contribution in [2.75, 3.05) is 26.2 Å². The Bertz CT molecular complexity index is 407. The SMILES string of the molecule is CC(C(N)=NO)N1CCN(C(=O)C2C3CCCC32)CC1. The molecule has 1 amide bonds. The first-order chi connectivity index (χ1) is 9.63. The van der Waals surface area contributed by atoms with Crippen molar-refractivity contribution in [3.8, 4) is 0 Å². The standard InChI is InChI=1S/C14H24N4O2/c1-9(13(15)16-20)17-5-7-18(8-6-17)14(19)12-10-3-2-4-11(10)12/h9-12,20H,2-8H2,1H3,(H2,15,16). The molecule has 0 spiro atoms. The summed E-state index contributed by atoms with van der Waals surface area (Å²) in [5, 5.41) is 11.8. The maximum atomic E-state index is 12.5. The lowest BCUT2D eigenvalue weighted by Crippen LogP contribution is -2.54. The van der Waals surface area contributed by atoms with Crippen LogP contribution in [0.3, 0.4) is 0 Å². The maximum Gasteiger partial charge on any atom is 0.226 e. The Balaban J connectivity index is 1.50. The summed E-state index contributed by atoms with van der Waals surface area (Å²) >= 11 is 0. The van der Waals surface area contributed by atoms with Crippen molar-refractivity contribution >= 4 is 11.7 Å². The highest BCUT2D eigenvalue weighted by Gasteiger charge is 2.57. The lowest BCUT2D eigenvalue weighted by atomic mass is 10.1. The van der Waals surface area contributed by atoms with Gasteiger partial charge in [-0.25, -0.2) is 0 Å². The van der Waals surface area contributed by atoms with Crippen molar-refractivity contribution in [1.29, 1.82) is 0 Å². The van der Waals surface area contributed by atoms with Crippen molar-refractivity contribution < 1.29 is 10.0 Å². The molecule has 0 radical (unpaired) electrons. The van der Waals surface area contributed by atoms with Gasteiger partial charge in [0.05, 0.1) is 6.04 Å². The van der Waals surface area contributed by atoms with Gasteiger partial charge >= 0.3 is 0 Å². The van der Waals surface area contributed by atoms with Gasteiger partial charge in [0.15, 0.2) is 5.84 Å². The van der Waals surface area contributed by atoms with Gasteiger partial charge in [0.25, 0.3) is 0 Å². The van der Waals surface area contributed by atoms with Crippen molar-refractivity contribution in [3.63, 3.8) is 0 Å². The van der Waals surface area contributed by atoms with Crippen LogP contribution >= 0.6 is 0 Å². The van der Waals surface area contributed by atoms with Crippen LogP contribution in [0.1, 0.15) is 26.2 Å². The average Bonchev–Trinajstić information content (AvgIpc) is 2.97. The van der Waals surface area contributed by atoms with Crippen molar-refractivity contribution in [2.45, 2.75) is 32.2 Å². The Morgan fingerprint density at radius 2 is 1.85 bits per heavy atom. The van der Waals surface area contributed by atoms with Crippen LogP contribution in [0, 0.1) is 17.8 Å². The Labute approximate surface area is 119 Å². The number of nitrogens with two attached hydrogens (primary N) is 1. The number of amidine groups is 1. The van der Waals surface area contributed by atoms with Crippen LogP contribution in [0.15, 0.2) is 5.16 Å². The predicted molar refractivity (Wildman–Crippen MR) is 75.3 cm³/mol. The monoisotopic (exact) mass is 280 g/mol. The van der Waals surface area contributed by atoms with Crippen LogP contribution in [0.4, 0.5) is 0 Å². The molecule has 1 heterocycles. The third-order valence-corrected chi connectivity index (χ3v) is 5.41. The van der Waals surface area contributed by atoms with Crippen LogP contribution < -0.4 is 5.73 Å². The van der Waals surface area contributed by atoms with Gasteiger partial charge < -0.3 is 15.8 Å². The van der Waals surface area contributed by atoms with E-state index in [0.29, 0.717) is 23.7 Å². The molecule has 0 aromatic carbocycles. The fourth-order valence-corrected chi connectivity index (χ4v) is 4.00. The molecule has 112 valence electrons. The Morgan fingerprint density at radius 3 is 2.40 bits per heavy atom. The molecular weight excluding hydrogens is 256 g/mol. The first kappa shape index (κ1) is 13.7. The van der Waals surface area contributed by atoms with Gasteiger partial charge in [-0.05, 0) is 31.6 Å². The fourth-order valence-electron chi connectivity index (χ4n) is 4.00. The number of piperazine rings is 1. The second-order valence-electron chi connectivity index (χ2n) is 6.35. The van der Waals surface area contributed by atoms with Gasteiger partial charge in [0.1, 0.15) is 0 Å². The number of carbonyl (C=O) groups excluding carboxylic acids is 1. The third-order valence-electron chi connectivity index (χ3n) is 5.41. The zero-order valence-electron chi connectivity index (χ0n) is 12.0. The van der Waals surface area contributed by atoms with E-state index in [-0.39, 0.29) is 11.9 Å². The molecule has 0 bridgehead atoms.